The quantitative estimate of drug-likeness (QED) is 0.580. The van der Waals surface area contributed by atoms with Gasteiger partial charge in [0.05, 0.1) is 5.52 Å². The minimum absolute atomic E-state index is 0.453. The maximum Gasteiger partial charge on any atom is 0.239 e. The normalized spacial score (nSPS) is 16.0. The molecule has 1 aliphatic carbocycles. The summed E-state index contributed by atoms with van der Waals surface area (Å²) in [5, 5.41) is 4.50. The molecular formula is C16H23N5. The van der Waals surface area contributed by atoms with Gasteiger partial charge in [0.2, 0.25) is 5.95 Å². The zero-order valence-electron chi connectivity index (χ0n) is 12.3. The molecule has 4 N–H and O–H groups in total. The van der Waals surface area contributed by atoms with Crippen LogP contribution in [-0.4, -0.2) is 16.5 Å². The second-order valence-corrected chi connectivity index (χ2v) is 5.78. The van der Waals surface area contributed by atoms with Crippen molar-refractivity contribution in [1.29, 1.82) is 0 Å². The first kappa shape index (κ1) is 14.1. The highest BCUT2D eigenvalue weighted by molar-refractivity contribution is 5.89. The van der Waals surface area contributed by atoms with Crippen LogP contribution in [0.15, 0.2) is 24.3 Å². The van der Waals surface area contributed by atoms with Crippen molar-refractivity contribution in [3.8, 4) is 0 Å². The van der Waals surface area contributed by atoms with Crippen molar-refractivity contribution in [2.24, 2.45) is 11.8 Å². The number of nitrogens with zero attached hydrogens (tertiary/aromatic N) is 2. The second kappa shape index (κ2) is 6.72. The van der Waals surface area contributed by atoms with Crippen LogP contribution < -0.4 is 16.6 Å². The maximum absolute atomic E-state index is 5.45. The molecule has 0 amide bonds. The minimum atomic E-state index is 0.453. The third kappa shape index (κ3) is 3.42. The summed E-state index contributed by atoms with van der Waals surface area (Å²) in [5.74, 6) is 7.64. The van der Waals surface area contributed by atoms with E-state index in [1.165, 1.54) is 38.5 Å². The van der Waals surface area contributed by atoms with Crippen LogP contribution in [0.5, 0.6) is 0 Å². The molecule has 1 fully saturated rings. The lowest BCUT2D eigenvalue weighted by Crippen LogP contribution is -2.15. The lowest BCUT2D eigenvalue weighted by molar-refractivity contribution is 0.345. The molecule has 1 aliphatic rings. The predicted octanol–water partition coefficient (Wildman–Crippen LogP) is 3.30. The van der Waals surface area contributed by atoms with Gasteiger partial charge >= 0.3 is 0 Å². The predicted molar refractivity (Wildman–Crippen MR) is 87.0 cm³/mol. The molecule has 5 nitrogen and oxygen atoms in total. The van der Waals surface area contributed by atoms with E-state index in [9.17, 15) is 0 Å². The number of hydrazine groups is 1. The van der Waals surface area contributed by atoms with E-state index in [1.54, 1.807) is 0 Å². The molecule has 0 atom stereocenters. The van der Waals surface area contributed by atoms with Crippen molar-refractivity contribution in [3.05, 3.63) is 24.3 Å². The molecule has 2 aromatic rings. The molecule has 0 spiro atoms. The Morgan fingerprint density at radius 2 is 1.90 bits per heavy atom. The molecule has 5 heteroatoms. The zero-order valence-corrected chi connectivity index (χ0v) is 12.3. The van der Waals surface area contributed by atoms with Crippen LogP contribution in [0.25, 0.3) is 10.9 Å². The van der Waals surface area contributed by atoms with Gasteiger partial charge in [0, 0.05) is 11.9 Å². The molecule has 0 aliphatic heterocycles. The summed E-state index contributed by atoms with van der Waals surface area (Å²) in [4.78, 5) is 8.81. The van der Waals surface area contributed by atoms with Crippen molar-refractivity contribution in [3.63, 3.8) is 0 Å². The number of hydrogen-bond acceptors (Lipinski definition) is 5. The largest absolute Gasteiger partial charge is 0.369 e. The van der Waals surface area contributed by atoms with Gasteiger partial charge in [-0.2, -0.15) is 4.98 Å². The molecule has 0 bridgehead atoms. The van der Waals surface area contributed by atoms with E-state index in [0.717, 1.165) is 29.2 Å². The van der Waals surface area contributed by atoms with Crippen molar-refractivity contribution in [2.45, 2.75) is 38.5 Å². The van der Waals surface area contributed by atoms with E-state index in [-0.39, 0.29) is 0 Å². The summed E-state index contributed by atoms with van der Waals surface area (Å²) >= 11 is 0. The average molecular weight is 285 g/mol. The van der Waals surface area contributed by atoms with Crippen LogP contribution in [0.4, 0.5) is 11.8 Å². The van der Waals surface area contributed by atoms with Crippen LogP contribution in [0.1, 0.15) is 38.5 Å². The fourth-order valence-corrected chi connectivity index (χ4v) is 3.15. The van der Waals surface area contributed by atoms with Crippen molar-refractivity contribution in [1.82, 2.24) is 9.97 Å². The van der Waals surface area contributed by atoms with E-state index in [0.29, 0.717) is 5.95 Å². The summed E-state index contributed by atoms with van der Waals surface area (Å²) in [6.07, 6.45) is 8.16. The SMILES string of the molecule is NNc1nc(NCCC2CCCCC2)c2ccccc2n1. The molecule has 1 aromatic heterocycles. The molecule has 1 heterocycles. The number of para-hydroxylation sites is 1. The third-order valence-corrected chi connectivity index (χ3v) is 4.30. The van der Waals surface area contributed by atoms with Gasteiger partial charge in [0.1, 0.15) is 5.82 Å². The molecule has 0 radical (unpaired) electrons. The summed E-state index contributed by atoms with van der Waals surface area (Å²) in [6, 6.07) is 8.00. The second-order valence-electron chi connectivity index (χ2n) is 5.78. The van der Waals surface area contributed by atoms with Crippen molar-refractivity contribution >= 4 is 22.7 Å². The molecule has 1 aromatic carbocycles. The summed E-state index contributed by atoms with van der Waals surface area (Å²) < 4.78 is 0. The lowest BCUT2D eigenvalue weighted by Gasteiger charge is -2.21. The third-order valence-electron chi connectivity index (χ3n) is 4.30. The van der Waals surface area contributed by atoms with E-state index in [1.807, 2.05) is 24.3 Å². The zero-order chi connectivity index (χ0) is 14.5. The Morgan fingerprint density at radius 1 is 1.10 bits per heavy atom. The Bertz CT molecular complexity index is 592. The van der Waals surface area contributed by atoms with Gasteiger partial charge in [-0.05, 0) is 24.5 Å². The highest BCUT2D eigenvalue weighted by atomic mass is 15.3. The number of rotatable bonds is 5. The van der Waals surface area contributed by atoms with E-state index in [4.69, 9.17) is 5.84 Å². The number of nitrogen functional groups attached to an aromatic ring is 1. The first-order chi connectivity index (χ1) is 10.4. The standard InChI is InChI=1S/C16H23N5/c17-21-16-19-14-9-5-4-8-13(14)15(20-16)18-11-10-12-6-2-1-3-7-12/h4-5,8-9,12H,1-3,6-7,10-11,17H2,(H2,18,19,20,21). The molecular weight excluding hydrogens is 262 g/mol. The Morgan fingerprint density at radius 3 is 2.71 bits per heavy atom. The number of benzene rings is 1. The van der Waals surface area contributed by atoms with Crippen LogP contribution >= 0.6 is 0 Å². The average Bonchev–Trinajstić information content (AvgIpc) is 2.55. The number of nitrogens with one attached hydrogen (secondary N) is 2. The van der Waals surface area contributed by atoms with E-state index in [2.05, 4.69) is 20.7 Å². The Hall–Kier alpha value is -1.88. The summed E-state index contributed by atoms with van der Waals surface area (Å²) in [7, 11) is 0. The van der Waals surface area contributed by atoms with Crippen LogP contribution in [0, 0.1) is 5.92 Å². The molecule has 1 saturated carbocycles. The fourth-order valence-electron chi connectivity index (χ4n) is 3.15. The summed E-state index contributed by atoms with van der Waals surface area (Å²) in [5.41, 5.74) is 3.44. The minimum Gasteiger partial charge on any atom is -0.369 e. The van der Waals surface area contributed by atoms with E-state index >= 15 is 0 Å². The topological polar surface area (TPSA) is 75.9 Å². The molecule has 3 rings (SSSR count). The molecule has 0 saturated heterocycles. The number of fused-ring (bicyclic) bond motifs is 1. The van der Waals surface area contributed by atoms with Gasteiger partial charge in [-0.25, -0.2) is 10.8 Å². The highest BCUT2D eigenvalue weighted by Crippen LogP contribution is 2.27. The number of anilines is 2. The van der Waals surface area contributed by atoms with Gasteiger partial charge in [-0.1, -0.05) is 44.2 Å². The number of aromatic nitrogens is 2. The summed E-state index contributed by atoms with van der Waals surface area (Å²) in [6.45, 7) is 0.954. The van der Waals surface area contributed by atoms with Crippen LogP contribution in [0.2, 0.25) is 0 Å². The van der Waals surface area contributed by atoms with Crippen molar-refractivity contribution in [2.75, 3.05) is 17.3 Å². The molecule has 112 valence electrons. The fraction of sp³-hybridized carbons (Fsp3) is 0.500. The van der Waals surface area contributed by atoms with Crippen LogP contribution in [0.3, 0.4) is 0 Å². The van der Waals surface area contributed by atoms with Gasteiger partial charge in [0.15, 0.2) is 0 Å². The maximum atomic E-state index is 5.45. The van der Waals surface area contributed by atoms with Gasteiger partial charge in [-0.15, -0.1) is 0 Å². The number of nitrogens with two attached hydrogens (primary N) is 1. The highest BCUT2D eigenvalue weighted by Gasteiger charge is 2.13. The van der Waals surface area contributed by atoms with Gasteiger partial charge in [0.25, 0.3) is 0 Å². The van der Waals surface area contributed by atoms with Gasteiger partial charge < -0.3 is 5.32 Å². The Labute approximate surface area is 125 Å². The first-order valence-electron chi connectivity index (χ1n) is 7.84. The van der Waals surface area contributed by atoms with Gasteiger partial charge in [-0.3, -0.25) is 5.43 Å². The monoisotopic (exact) mass is 285 g/mol. The van der Waals surface area contributed by atoms with Crippen molar-refractivity contribution < 1.29 is 0 Å². The first-order valence-corrected chi connectivity index (χ1v) is 7.84. The van der Waals surface area contributed by atoms with E-state index < -0.39 is 0 Å². The Kier molecular flexibility index (Phi) is 4.50. The molecule has 0 unspecified atom stereocenters. The lowest BCUT2D eigenvalue weighted by atomic mass is 9.87. The number of hydrogen-bond donors (Lipinski definition) is 3. The van der Waals surface area contributed by atoms with Crippen LogP contribution in [-0.2, 0) is 0 Å². The smallest absolute Gasteiger partial charge is 0.239 e. The molecule has 21 heavy (non-hydrogen) atoms. The Balaban J connectivity index is 1.70.